The van der Waals surface area contributed by atoms with Gasteiger partial charge in [0.25, 0.3) is 5.91 Å². The number of hydrogen-bond acceptors (Lipinski definition) is 3. The molecule has 2 rings (SSSR count). The predicted octanol–water partition coefficient (Wildman–Crippen LogP) is 3.87. The highest BCUT2D eigenvalue weighted by atomic mass is 16.5. The monoisotopic (exact) mass is 308 g/mol. The molecule has 0 aromatic heterocycles. The van der Waals surface area contributed by atoms with E-state index in [1.165, 1.54) is 5.56 Å². The summed E-state index contributed by atoms with van der Waals surface area (Å²) in [6.45, 7) is 4.38. The van der Waals surface area contributed by atoms with Crippen LogP contribution in [-0.4, -0.2) is 19.6 Å². The highest BCUT2D eigenvalue weighted by molar-refractivity contribution is 6.08. The second-order valence-corrected chi connectivity index (χ2v) is 5.33. The molecule has 0 aliphatic rings. The standard InChI is InChI=1S/C19H20N2O2/c1-14-9-10-16(13-15(14)2)21(12-6-11-20)19(22)17-7-4-5-8-18(17)23-3/h4-5,7-10,13H,6,12H2,1-3H3. The van der Waals surface area contributed by atoms with Gasteiger partial charge in [0.2, 0.25) is 0 Å². The number of ether oxygens (including phenoxy) is 1. The molecule has 118 valence electrons. The van der Waals surface area contributed by atoms with Gasteiger partial charge in [-0.1, -0.05) is 18.2 Å². The van der Waals surface area contributed by atoms with Crippen molar-refractivity contribution in [2.75, 3.05) is 18.6 Å². The molecule has 0 aliphatic heterocycles. The molecular formula is C19H20N2O2. The average Bonchev–Trinajstić information content (AvgIpc) is 2.58. The molecule has 4 nitrogen and oxygen atoms in total. The van der Waals surface area contributed by atoms with Gasteiger partial charge in [-0.15, -0.1) is 0 Å². The zero-order chi connectivity index (χ0) is 16.8. The van der Waals surface area contributed by atoms with Gasteiger partial charge in [0, 0.05) is 12.2 Å². The Morgan fingerprint density at radius 2 is 1.91 bits per heavy atom. The fraction of sp³-hybridized carbons (Fsp3) is 0.263. The van der Waals surface area contributed by atoms with Crippen molar-refractivity contribution in [3.8, 4) is 11.8 Å². The molecule has 2 aromatic rings. The van der Waals surface area contributed by atoms with E-state index in [-0.39, 0.29) is 12.3 Å². The van der Waals surface area contributed by atoms with Crippen molar-refractivity contribution in [3.05, 3.63) is 59.2 Å². The minimum absolute atomic E-state index is 0.166. The van der Waals surface area contributed by atoms with E-state index >= 15 is 0 Å². The Morgan fingerprint density at radius 1 is 1.17 bits per heavy atom. The van der Waals surface area contributed by atoms with Crippen molar-refractivity contribution in [1.82, 2.24) is 0 Å². The SMILES string of the molecule is COc1ccccc1C(=O)N(CCC#N)c1ccc(C)c(C)c1. The highest BCUT2D eigenvalue weighted by Crippen LogP contribution is 2.25. The Hall–Kier alpha value is -2.80. The molecule has 23 heavy (non-hydrogen) atoms. The summed E-state index contributed by atoms with van der Waals surface area (Å²) in [7, 11) is 1.54. The number of carbonyl (C=O) groups is 1. The smallest absolute Gasteiger partial charge is 0.262 e. The van der Waals surface area contributed by atoms with Crippen LogP contribution < -0.4 is 9.64 Å². The van der Waals surface area contributed by atoms with Crippen LogP contribution >= 0.6 is 0 Å². The molecule has 0 fully saturated rings. The maximum atomic E-state index is 13.0. The van der Waals surface area contributed by atoms with E-state index in [1.807, 2.05) is 38.1 Å². The molecule has 2 aromatic carbocycles. The summed E-state index contributed by atoms with van der Waals surface area (Å²) in [5, 5.41) is 8.90. The van der Waals surface area contributed by atoms with Gasteiger partial charge in [0.15, 0.2) is 0 Å². The third kappa shape index (κ3) is 3.70. The quantitative estimate of drug-likeness (QED) is 0.842. The van der Waals surface area contributed by atoms with Gasteiger partial charge in [-0.2, -0.15) is 5.26 Å². The van der Waals surface area contributed by atoms with E-state index in [0.717, 1.165) is 11.3 Å². The summed E-state index contributed by atoms with van der Waals surface area (Å²) in [5.74, 6) is 0.365. The van der Waals surface area contributed by atoms with E-state index < -0.39 is 0 Å². The normalized spacial score (nSPS) is 10.0. The average molecular weight is 308 g/mol. The molecule has 0 saturated heterocycles. The van der Waals surface area contributed by atoms with Crippen molar-refractivity contribution in [1.29, 1.82) is 5.26 Å². The molecule has 0 radical (unpaired) electrons. The maximum Gasteiger partial charge on any atom is 0.262 e. The predicted molar refractivity (Wildman–Crippen MR) is 90.8 cm³/mol. The Balaban J connectivity index is 2.43. The molecule has 0 spiro atoms. The van der Waals surface area contributed by atoms with E-state index in [1.54, 1.807) is 30.2 Å². The number of hydrogen-bond donors (Lipinski definition) is 0. The van der Waals surface area contributed by atoms with Crippen LogP contribution in [-0.2, 0) is 0 Å². The summed E-state index contributed by atoms with van der Waals surface area (Å²) in [6, 6.07) is 15.1. The minimum atomic E-state index is -0.166. The van der Waals surface area contributed by atoms with Crippen LogP contribution in [0.25, 0.3) is 0 Å². The van der Waals surface area contributed by atoms with E-state index in [0.29, 0.717) is 17.9 Å². The summed E-state index contributed by atoms with van der Waals surface area (Å²) in [6.07, 6.45) is 0.272. The molecule has 0 aliphatic carbocycles. The Labute approximate surface area is 136 Å². The summed E-state index contributed by atoms with van der Waals surface area (Å²) in [5.41, 5.74) is 3.56. The largest absolute Gasteiger partial charge is 0.496 e. The van der Waals surface area contributed by atoms with Gasteiger partial charge >= 0.3 is 0 Å². The first-order chi connectivity index (χ1) is 11.1. The topological polar surface area (TPSA) is 53.3 Å². The maximum absolute atomic E-state index is 13.0. The van der Waals surface area contributed by atoms with Gasteiger partial charge in [-0.25, -0.2) is 0 Å². The van der Waals surface area contributed by atoms with Gasteiger partial charge in [0.1, 0.15) is 5.75 Å². The molecule has 0 unspecified atom stereocenters. The Kier molecular flexibility index (Phi) is 5.37. The third-order valence-electron chi connectivity index (χ3n) is 3.83. The molecule has 0 N–H and O–H groups in total. The molecule has 0 atom stereocenters. The van der Waals surface area contributed by atoms with Crippen molar-refractivity contribution in [2.45, 2.75) is 20.3 Å². The van der Waals surface area contributed by atoms with Crippen molar-refractivity contribution in [2.24, 2.45) is 0 Å². The van der Waals surface area contributed by atoms with E-state index in [4.69, 9.17) is 10.00 Å². The van der Waals surface area contributed by atoms with Crippen LogP contribution in [0.4, 0.5) is 5.69 Å². The number of nitriles is 1. The van der Waals surface area contributed by atoms with Gasteiger partial charge in [-0.05, 0) is 49.2 Å². The van der Waals surface area contributed by atoms with Crippen LogP contribution in [0.15, 0.2) is 42.5 Å². The fourth-order valence-corrected chi connectivity index (χ4v) is 2.37. The molecular weight excluding hydrogens is 288 g/mol. The van der Waals surface area contributed by atoms with Crippen molar-refractivity contribution >= 4 is 11.6 Å². The number of nitrogens with zero attached hydrogens (tertiary/aromatic N) is 2. The summed E-state index contributed by atoms with van der Waals surface area (Å²) < 4.78 is 5.29. The Morgan fingerprint density at radius 3 is 2.57 bits per heavy atom. The highest BCUT2D eigenvalue weighted by Gasteiger charge is 2.21. The Bertz CT molecular complexity index is 747. The number of para-hydroxylation sites is 1. The lowest BCUT2D eigenvalue weighted by molar-refractivity contribution is 0.0984. The second-order valence-electron chi connectivity index (χ2n) is 5.33. The lowest BCUT2D eigenvalue weighted by Gasteiger charge is -2.23. The van der Waals surface area contributed by atoms with E-state index in [2.05, 4.69) is 6.07 Å². The molecule has 0 saturated carbocycles. The summed E-state index contributed by atoms with van der Waals surface area (Å²) >= 11 is 0. The zero-order valence-electron chi connectivity index (χ0n) is 13.7. The second kappa shape index (κ2) is 7.46. The van der Waals surface area contributed by atoms with E-state index in [9.17, 15) is 4.79 Å². The number of aryl methyl sites for hydroxylation is 2. The number of rotatable bonds is 5. The number of amides is 1. The summed E-state index contributed by atoms with van der Waals surface area (Å²) in [4.78, 5) is 14.6. The first-order valence-electron chi connectivity index (χ1n) is 7.47. The van der Waals surface area contributed by atoms with Crippen molar-refractivity contribution < 1.29 is 9.53 Å². The minimum Gasteiger partial charge on any atom is -0.496 e. The fourth-order valence-electron chi connectivity index (χ4n) is 2.37. The molecule has 0 heterocycles. The van der Waals surface area contributed by atoms with Gasteiger partial charge in [-0.3, -0.25) is 4.79 Å². The number of carbonyl (C=O) groups excluding carboxylic acids is 1. The molecule has 1 amide bonds. The lowest BCUT2D eigenvalue weighted by Crippen LogP contribution is -2.32. The van der Waals surface area contributed by atoms with Crippen LogP contribution in [0.5, 0.6) is 5.75 Å². The number of benzene rings is 2. The number of anilines is 1. The van der Waals surface area contributed by atoms with Gasteiger partial charge in [0.05, 0.1) is 25.2 Å². The molecule has 4 heteroatoms. The van der Waals surface area contributed by atoms with Gasteiger partial charge < -0.3 is 9.64 Å². The van der Waals surface area contributed by atoms with Crippen LogP contribution in [0.3, 0.4) is 0 Å². The lowest BCUT2D eigenvalue weighted by atomic mass is 10.1. The van der Waals surface area contributed by atoms with Crippen LogP contribution in [0.1, 0.15) is 27.9 Å². The van der Waals surface area contributed by atoms with Crippen LogP contribution in [0.2, 0.25) is 0 Å². The van der Waals surface area contributed by atoms with Crippen molar-refractivity contribution in [3.63, 3.8) is 0 Å². The molecule has 0 bridgehead atoms. The zero-order valence-corrected chi connectivity index (χ0v) is 13.7. The first-order valence-corrected chi connectivity index (χ1v) is 7.47. The third-order valence-corrected chi connectivity index (χ3v) is 3.83. The first kappa shape index (κ1) is 16.6. The van der Waals surface area contributed by atoms with Crippen LogP contribution in [0, 0.1) is 25.2 Å². The number of methoxy groups -OCH3 is 1.